The van der Waals surface area contributed by atoms with Crippen molar-refractivity contribution >= 4 is 22.5 Å². The van der Waals surface area contributed by atoms with Gasteiger partial charge in [0.1, 0.15) is 5.75 Å². The summed E-state index contributed by atoms with van der Waals surface area (Å²) < 4.78 is 6.98. The van der Waals surface area contributed by atoms with Crippen LogP contribution in [0, 0.1) is 6.92 Å². The van der Waals surface area contributed by atoms with Crippen LogP contribution in [-0.2, 0) is 13.1 Å². The molecule has 0 N–H and O–H groups in total. The summed E-state index contributed by atoms with van der Waals surface area (Å²) in [4.78, 5) is 15.4. The van der Waals surface area contributed by atoms with E-state index in [1.54, 1.807) is 35.9 Å². The number of pyridine rings is 1. The lowest BCUT2D eigenvalue weighted by molar-refractivity contribution is 0.0730. The molecule has 5 aromatic rings. The van der Waals surface area contributed by atoms with Crippen molar-refractivity contribution in [3.05, 3.63) is 101 Å². The molecule has 7 heteroatoms. The smallest absolute Gasteiger partial charge is 0.254 e. The maximum Gasteiger partial charge on any atom is 0.254 e. The number of amides is 1. The Morgan fingerprint density at radius 2 is 1.76 bits per heavy atom. The molecule has 1 amide bonds. The summed E-state index contributed by atoms with van der Waals surface area (Å²) in [6.07, 6.45) is 0. The van der Waals surface area contributed by atoms with Crippen LogP contribution in [0.3, 0.4) is 0 Å². The molecule has 7 nitrogen and oxygen atoms in total. The molecule has 0 saturated carbocycles. The minimum atomic E-state index is -0.0727. The van der Waals surface area contributed by atoms with Gasteiger partial charge in [-0.25, -0.2) is 0 Å². The molecular formula is C26H23N5O2. The van der Waals surface area contributed by atoms with Gasteiger partial charge in [-0.05, 0) is 65.4 Å². The molecule has 3 aromatic carbocycles. The third-order valence-electron chi connectivity index (χ3n) is 5.70. The number of carbonyl (C=O) groups is 1. The van der Waals surface area contributed by atoms with Crippen LogP contribution in [0.25, 0.3) is 16.6 Å². The first-order chi connectivity index (χ1) is 16.1. The number of hydrogen-bond acceptors (Lipinski definition) is 5. The lowest BCUT2D eigenvalue weighted by atomic mass is 10.1. The van der Waals surface area contributed by atoms with Crippen LogP contribution in [0.5, 0.6) is 5.75 Å². The van der Waals surface area contributed by atoms with Crippen molar-refractivity contribution in [3.8, 4) is 5.75 Å². The maximum atomic E-state index is 13.6. The predicted octanol–water partition coefficient (Wildman–Crippen LogP) is 4.44. The van der Waals surface area contributed by atoms with Crippen molar-refractivity contribution in [1.29, 1.82) is 0 Å². The summed E-state index contributed by atoms with van der Waals surface area (Å²) in [6, 6.07) is 25.4. The van der Waals surface area contributed by atoms with Gasteiger partial charge in [0.15, 0.2) is 5.65 Å². The molecule has 33 heavy (non-hydrogen) atoms. The lowest BCUT2D eigenvalue weighted by Crippen LogP contribution is -2.30. The van der Waals surface area contributed by atoms with Crippen LogP contribution in [0.2, 0.25) is 0 Å². The van der Waals surface area contributed by atoms with Crippen LogP contribution >= 0.6 is 0 Å². The zero-order valence-electron chi connectivity index (χ0n) is 18.5. The van der Waals surface area contributed by atoms with E-state index in [0.29, 0.717) is 30.0 Å². The molecule has 0 unspecified atom stereocenters. The molecule has 0 radical (unpaired) electrons. The molecule has 2 heterocycles. The highest BCUT2D eigenvalue weighted by molar-refractivity contribution is 5.94. The van der Waals surface area contributed by atoms with Gasteiger partial charge in [0.05, 0.1) is 19.2 Å². The molecule has 0 aliphatic rings. The second-order valence-electron chi connectivity index (χ2n) is 8.02. The topological polar surface area (TPSA) is 72.6 Å². The van der Waals surface area contributed by atoms with E-state index in [1.165, 1.54) is 0 Å². The van der Waals surface area contributed by atoms with E-state index in [1.807, 2.05) is 47.4 Å². The van der Waals surface area contributed by atoms with Crippen molar-refractivity contribution in [3.63, 3.8) is 0 Å². The second kappa shape index (κ2) is 8.70. The van der Waals surface area contributed by atoms with Crippen molar-refractivity contribution in [2.75, 3.05) is 7.11 Å². The van der Waals surface area contributed by atoms with E-state index in [4.69, 9.17) is 4.74 Å². The van der Waals surface area contributed by atoms with Crippen LogP contribution in [0.15, 0.2) is 78.9 Å². The summed E-state index contributed by atoms with van der Waals surface area (Å²) in [5, 5.41) is 13.4. The van der Waals surface area contributed by atoms with E-state index in [2.05, 4.69) is 34.6 Å². The summed E-state index contributed by atoms with van der Waals surface area (Å²) in [5.74, 6) is 0.638. The van der Waals surface area contributed by atoms with Crippen LogP contribution in [0.4, 0.5) is 0 Å². The summed E-state index contributed by atoms with van der Waals surface area (Å²) in [7, 11) is 1.61. The van der Waals surface area contributed by atoms with E-state index in [9.17, 15) is 4.79 Å². The fourth-order valence-corrected chi connectivity index (χ4v) is 4.03. The van der Waals surface area contributed by atoms with Gasteiger partial charge in [0.2, 0.25) is 0 Å². The zero-order chi connectivity index (χ0) is 22.8. The Hall–Kier alpha value is -4.26. The minimum absolute atomic E-state index is 0.0727. The van der Waals surface area contributed by atoms with Gasteiger partial charge < -0.3 is 9.64 Å². The summed E-state index contributed by atoms with van der Waals surface area (Å²) >= 11 is 0. The number of rotatable bonds is 6. The molecule has 0 saturated heterocycles. The SMILES string of the molecule is COc1ccc(C(=O)N(Cc2ccccc2)Cc2cc3cc(C)ccc3n3nnnc23)cc1. The molecule has 0 fully saturated rings. The number of nitrogens with zero attached hydrogens (tertiary/aromatic N) is 5. The van der Waals surface area contributed by atoms with Crippen molar-refractivity contribution < 1.29 is 9.53 Å². The Kier molecular flexibility index (Phi) is 5.44. The van der Waals surface area contributed by atoms with E-state index in [-0.39, 0.29) is 5.91 Å². The number of ether oxygens (including phenoxy) is 1. The summed E-state index contributed by atoms with van der Waals surface area (Å²) in [6.45, 7) is 2.89. The van der Waals surface area contributed by atoms with Gasteiger partial charge in [-0.3, -0.25) is 4.79 Å². The zero-order valence-corrected chi connectivity index (χ0v) is 18.5. The van der Waals surface area contributed by atoms with E-state index >= 15 is 0 Å². The van der Waals surface area contributed by atoms with Crippen molar-refractivity contribution in [2.45, 2.75) is 20.0 Å². The minimum Gasteiger partial charge on any atom is -0.497 e. The lowest BCUT2D eigenvalue weighted by Gasteiger charge is -2.24. The fourth-order valence-electron chi connectivity index (χ4n) is 4.03. The Morgan fingerprint density at radius 1 is 0.970 bits per heavy atom. The highest BCUT2D eigenvalue weighted by Crippen LogP contribution is 2.23. The molecule has 0 aliphatic carbocycles. The van der Waals surface area contributed by atoms with E-state index in [0.717, 1.165) is 27.6 Å². The standard InChI is InChI=1S/C26H23N5O2/c1-18-8-13-24-21(14-18)15-22(25-27-28-29-31(24)25)17-30(16-19-6-4-3-5-7-19)26(32)20-9-11-23(33-2)12-10-20/h3-15H,16-17H2,1-2H3. The van der Waals surface area contributed by atoms with Gasteiger partial charge >= 0.3 is 0 Å². The highest BCUT2D eigenvalue weighted by atomic mass is 16.5. The number of fused-ring (bicyclic) bond motifs is 3. The number of aryl methyl sites for hydroxylation is 1. The van der Waals surface area contributed by atoms with E-state index < -0.39 is 0 Å². The average Bonchev–Trinajstić information content (AvgIpc) is 3.34. The summed E-state index contributed by atoms with van der Waals surface area (Å²) in [5.41, 5.74) is 5.25. The predicted molar refractivity (Wildman–Crippen MR) is 126 cm³/mol. The molecule has 5 rings (SSSR count). The third kappa shape index (κ3) is 4.13. The Morgan fingerprint density at radius 3 is 2.52 bits per heavy atom. The van der Waals surface area contributed by atoms with Crippen LogP contribution in [0.1, 0.15) is 27.0 Å². The van der Waals surface area contributed by atoms with Crippen molar-refractivity contribution in [1.82, 2.24) is 24.9 Å². The average molecular weight is 438 g/mol. The first-order valence-corrected chi connectivity index (χ1v) is 10.7. The number of tetrazole rings is 1. The number of benzene rings is 3. The number of hydrogen-bond donors (Lipinski definition) is 0. The van der Waals surface area contributed by atoms with Gasteiger partial charge in [-0.2, -0.15) is 4.52 Å². The third-order valence-corrected chi connectivity index (χ3v) is 5.70. The van der Waals surface area contributed by atoms with Crippen LogP contribution in [-0.4, -0.2) is 38.0 Å². The number of aromatic nitrogens is 4. The Labute approximate surface area is 191 Å². The fraction of sp³-hybridized carbons (Fsp3) is 0.154. The molecule has 2 aromatic heterocycles. The first-order valence-electron chi connectivity index (χ1n) is 10.7. The monoisotopic (exact) mass is 437 g/mol. The highest BCUT2D eigenvalue weighted by Gasteiger charge is 2.20. The second-order valence-corrected chi connectivity index (χ2v) is 8.02. The van der Waals surface area contributed by atoms with Gasteiger partial charge in [0, 0.05) is 23.1 Å². The van der Waals surface area contributed by atoms with Gasteiger partial charge in [-0.1, -0.05) is 42.0 Å². The van der Waals surface area contributed by atoms with Gasteiger partial charge in [-0.15, -0.1) is 5.10 Å². The van der Waals surface area contributed by atoms with Gasteiger partial charge in [0.25, 0.3) is 5.91 Å². The first kappa shape index (κ1) is 20.6. The molecule has 0 bridgehead atoms. The quantitative estimate of drug-likeness (QED) is 0.393. The Bertz CT molecular complexity index is 1430. The van der Waals surface area contributed by atoms with Crippen molar-refractivity contribution in [2.24, 2.45) is 0 Å². The molecular weight excluding hydrogens is 414 g/mol. The molecule has 0 atom stereocenters. The number of methoxy groups -OCH3 is 1. The molecule has 164 valence electrons. The largest absolute Gasteiger partial charge is 0.497 e. The molecule has 0 spiro atoms. The normalized spacial score (nSPS) is 11.1. The van der Waals surface area contributed by atoms with Crippen LogP contribution < -0.4 is 4.74 Å². The number of carbonyl (C=O) groups excluding carboxylic acids is 1. The Balaban J connectivity index is 1.56. The maximum absolute atomic E-state index is 13.6. The molecule has 0 aliphatic heterocycles.